The number of hydrogen-bond donors (Lipinski definition) is 1. The van der Waals surface area contributed by atoms with Crippen molar-refractivity contribution in [2.45, 2.75) is 19.0 Å². The molecule has 0 spiro atoms. The van der Waals surface area contributed by atoms with Gasteiger partial charge in [0.1, 0.15) is 18.1 Å². The molecule has 2 heterocycles. The van der Waals surface area contributed by atoms with Gasteiger partial charge in [0.15, 0.2) is 11.0 Å². The monoisotopic (exact) mass is 459 g/mol. The Morgan fingerprint density at radius 3 is 2.61 bits per heavy atom. The zero-order valence-electron chi connectivity index (χ0n) is 18.6. The maximum atomic E-state index is 12.4. The van der Waals surface area contributed by atoms with E-state index in [0.717, 1.165) is 22.7 Å². The van der Waals surface area contributed by atoms with Gasteiger partial charge < -0.3 is 10.1 Å². The van der Waals surface area contributed by atoms with E-state index in [-0.39, 0.29) is 11.7 Å². The van der Waals surface area contributed by atoms with Gasteiger partial charge in [0.25, 0.3) is 0 Å². The number of pyridine rings is 1. The summed E-state index contributed by atoms with van der Waals surface area (Å²) >= 11 is 1.34. The highest BCUT2D eigenvalue weighted by atomic mass is 32.2. The normalized spacial score (nSPS) is 10.7. The Morgan fingerprint density at radius 1 is 1.03 bits per heavy atom. The highest BCUT2D eigenvalue weighted by Gasteiger charge is 2.19. The second-order valence-electron chi connectivity index (χ2n) is 7.45. The zero-order chi connectivity index (χ0) is 23.0. The van der Waals surface area contributed by atoms with E-state index in [1.807, 2.05) is 59.2 Å². The maximum Gasteiger partial charge on any atom is 0.230 e. The van der Waals surface area contributed by atoms with Crippen molar-refractivity contribution in [3.05, 3.63) is 84.1 Å². The van der Waals surface area contributed by atoms with Crippen LogP contribution in [0.15, 0.2) is 78.1 Å². The smallest absolute Gasteiger partial charge is 0.230 e. The summed E-state index contributed by atoms with van der Waals surface area (Å²) in [5.41, 5.74) is 3.95. The number of hydrogen-bond acceptors (Lipinski definition) is 6. The van der Waals surface area contributed by atoms with Gasteiger partial charge in [-0.25, -0.2) is 0 Å². The lowest BCUT2D eigenvalue weighted by Gasteiger charge is -2.13. The molecule has 2 aromatic carbocycles. The minimum atomic E-state index is -0.0915. The van der Waals surface area contributed by atoms with Crippen LogP contribution in [0, 0.1) is 13.8 Å². The quantitative estimate of drug-likeness (QED) is 0.298. The number of benzene rings is 2. The largest absolute Gasteiger partial charge is 0.492 e. The molecule has 0 atom stereocenters. The van der Waals surface area contributed by atoms with Crippen molar-refractivity contribution in [2.24, 2.45) is 0 Å². The van der Waals surface area contributed by atoms with E-state index >= 15 is 0 Å². The van der Waals surface area contributed by atoms with Gasteiger partial charge in [-0.3, -0.25) is 14.3 Å². The molecule has 4 rings (SSSR count). The topological polar surface area (TPSA) is 81.9 Å². The molecule has 1 N–H and O–H groups in total. The van der Waals surface area contributed by atoms with Crippen LogP contribution in [-0.2, 0) is 4.79 Å². The lowest BCUT2D eigenvalue weighted by Crippen LogP contribution is -2.29. The number of carbonyl (C=O) groups is 1. The van der Waals surface area contributed by atoms with Crippen LogP contribution in [0.4, 0.5) is 0 Å². The lowest BCUT2D eigenvalue weighted by molar-refractivity contribution is -0.118. The Hall–Kier alpha value is -3.65. The van der Waals surface area contributed by atoms with Gasteiger partial charge >= 0.3 is 0 Å². The molecule has 7 nitrogen and oxygen atoms in total. The molecule has 0 aliphatic rings. The number of rotatable bonds is 9. The van der Waals surface area contributed by atoms with E-state index in [1.165, 1.54) is 17.3 Å². The van der Waals surface area contributed by atoms with Gasteiger partial charge in [0.05, 0.1) is 18.0 Å². The van der Waals surface area contributed by atoms with Gasteiger partial charge in [-0.2, -0.15) is 0 Å². The van der Waals surface area contributed by atoms with Crippen molar-refractivity contribution in [1.82, 2.24) is 25.1 Å². The summed E-state index contributed by atoms with van der Waals surface area (Å²) in [6.07, 6.45) is 1.73. The summed E-state index contributed by atoms with van der Waals surface area (Å²) in [5, 5.41) is 12.3. The lowest BCUT2D eigenvalue weighted by atomic mass is 10.1. The number of amides is 1. The molecule has 0 radical (unpaired) electrons. The molecule has 168 valence electrons. The van der Waals surface area contributed by atoms with Gasteiger partial charge in [-0.15, -0.1) is 10.2 Å². The molecular weight excluding hydrogens is 434 g/mol. The van der Waals surface area contributed by atoms with Crippen molar-refractivity contribution in [2.75, 3.05) is 18.9 Å². The van der Waals surface area contributed by atoms with E-state index < -0.39 is 0 Å². The van der Waals surface area contributed by atoms with Crippen LogP contribution < -0.4 is 10.1 Å². The molecule has 0 saturated heterocycles. The minimum Gasteiger partial charge on any atom is -0.492 e. The molecule has 4 aromatic rings. The highest BCUT2D eigenvalue weighted by Crippen LogP contribution is 2.29. The fourth-order valence-corrected chi connectivity index (χ4v) is 4.13. The number of thioether (sulfide) groups is 1. The van der Waals surface area contributed by atoms with Crippen LogP contribution in [0.3, 0.4) is 0 Å². The molecule has 0 unspecified atom stereocenters. The highest BCUT2D eigenvalue weighted by molar-refractivity contribution is 7.99. The molecule has 0 aliphatic carbocycles. The number of carbonyl (C=O) groups excluding carboxylic acids is 1. The van der Waals surface area contributed by atoms with Crippen LogP contribution in [0.2, 0.25) is 0 Å². The van der Waals surface area contributed by atoms with Crippen molar-refractivity contribution in [1.29, 1.82) is 0 Å². The van der Waals surface area contributed by atoms with Crippen LogP contribution >= 0.6 is 11.8 Å². The number of para-hydroxylation sites is 1. The van der Waals surface area contributed by atoms with Gasteiger partial charge in [-0.05, 0) is 49.7 Å². The third-order valence-electron chi connectivity index (χ3n) is 4.89. The zero-order valence-corrected chi connectivity index (χ0v) is 19.4. The number of nitrogens with one attached hydrogen (secondary N) is 1. The first-order chi connectivity index (χ1) is 16.1. The van der Waals surface area contributed by atoms with E-state index in [2.05, 4.69) is 46.5 Å². The van der Waals surface area contributed by atoms with Crippen LogP contribution in [0.25, 0.3) is 17.2 Å². The van der Waals surface area contributed by atoms with E-state index in [0.29, 0.717) is 24.1 Å². The predicted molar refractivity (Wildman–Crippen MR) is 130 cm³/mol. The molecule has 2 aromatic heterocycles. The number of aromatic nitrogens is 4. The fraction of sp³-hybridized carbons (Fsp3) is 0.200. The van der Waals surface area contributed by atoms with E-state index in [1.54, 1.807) is 6.20 Å². The summed E-state index contributed by atoms with van der Waals surface area (Å²) in [4.78, 5) is 16.8. The van der Waals surface area contributed by atoms with Crippen molar-refractivity contribution < 1.29 is 9.53 Å². The molecule has 8 heteroatoms. The predicted octanol–water partition coefficient (Wildman–Crippen LogP) is 4.23. The SMILES string of the molecule is Cc1ccc(-n2c(SCC(=O)NCCOc3ccccc3)nnc2-c2ccccn2)c(C)c1. The third-order valence-corrected chi connectivity index (χ3v) is 5.82. The molecular formula is C25H25N5O2S. The second kappa shape index (κ2) is 10.8. The van der Waals surface area contributed by atoms with Crippen molar-refractivity contribution in [3.63, 3.8) is 0 Å². The van der Waals surface area contributed by atoms with Gasteiger partial charge in [-0.1, -0.05) is 53.7 Å². The summed E-state index contributed by atoms with van der Waals surface area (Å²) < 4.78 is 7.58. The molecule has 0 saturated carbocycles. The Balaban J connectivity index is 1.45. The average Bonchev–Trinajstić information content (AvgIpc) is 3.25. The van der Waals surface area contributed by atoms with Crippen molar-refractivity contribution >= 4 is 17.7 Å². The van der Waals surface area contributed by atoms with Gasteiger partial charge in [0.2, 0.25) is 5.91 Å². The first-order valence-corrected chi connectivity index (χ1v) is 11.6. The summed E-state index contributed by atoms with van der Waals surface area (Å²) in [7, 11) is 0. The number of ether oxygens (including phenoxy) is 1. The molecule has 33 heavy (non-hydrogen) atoms. The Kier molecular flexibility index (Phi) is 7.36. The Labute approximate surface area is 197 Å². The Bertz CT molecular complexity index is 1210. The molecule has 0 fully saturated rings. The third kappa shape index (κ3) is 5.78. The second-order valence-corrected chi connectivity index (χ2v) is 8.39. The first kappa shape index (κ1) is 22.5. The van der Waals surface area contributed by atoms with E-state index in [9.17, 15) is 4.79 Å². The molecule has 0 bridgehead atoms. The first-order valence-electron chi connectivity index (χ1n) is 10.6. The molecule has 0 aliphatic heterocycles. The number of nitrogens with zero attached hydrogens (tertiary/aromatic N) is 4. The summed E-state index contributed by atoms with van der Waals surface area (Å²) in [6.45, 7) is 4.95. The van der Waals surface area contributed by atoms with Crippen LogP contribution in [0.5, 0.6) is 5.75 Å². The van der Waals surface area contributed by atoms with Crippen LogP contribution in [-0.4, -0.2) is 44.6 Å². The van der Waals surface area contributed by atoms with Crippen LogP contribution in [0.1, 0.15) is 11.1 Å². The molecule has 1 amide bonds. The minimum absolute atomic E-state index is 0.0915. The van der Waals surface area contributed by atoms with Gasteiger partial charge in [0, 0.05) is 6.20 Å². The maximum absolute atomic E-state index is 12.4. The van der Waals surface area contributed by atoms with Crippen molar-refractivity contribution in [3.8, 4) is 23.0 Å². The number of aryl methyl sites for hydroxylation is 2. The fourth-order valence-electron chi connectivity index (χ4n) is 3.35. The summed E-state index contributed by atoms with van der Waals surface area (Å²) in [6, 6.07) is 21.4. The average molecular weight is 460 g/mol. The Morgan fingerprint density at radius 2 is 1.85 bits per heavy atom. The standard InChI is InChI=1S/C25H25N5O2S/c1-18-11-12-22(19(2)16-18)30-24(21-10-6-7-13-26-21)28-29-25(30)33-17-23(31)27-14-15-32-20-8-4-3-5-9-20/h3-13,16H,14-15,17H2,1-2H3,(H,27,31). The summed E-state index contributed by atoms with van der Waals surface area (Å²) in [5.74, 6) is 1.55. The van der Waals surface area contributed by atoms with E-state index in [4.69, 9.17) is 4.74 Å².